The maximum atomic E-state index is 15.4. The smallest absolute Gasteiger partial charge is 0.433 e. The number of carbonyl (C=O) groups excluding carboxylic acids is 2. The number of ketones is 1. The lowest BCUT2D eigenvalue weighted by atomic mass is 9.87. The molecule has 3 atom stereocenters. The Labute approximate surface area is 275 Å². The summed E-state index contributed by atoms with van der Waals surface area (Å²) in [4.78, 5) is 30.9. The summed E-state index contributed by atoms with van der Waals surface area (Å²) in [6, 6.07) is 18.6. The van der Waals surface area contributed by atoms with E-state index < -0.39 is 28.8 Å². The molecule has 0 spiro atoms. The molecule has 2 aliphatic heterocycles. The molecular formula is C37H34F4N2O3S. The van der Waals surface area contributed by atoms with Crippen LogP contribution in [0.2, 0.25) is 0 Å². The summed E-state index contributed by atoms with van der Waals surface area (Å²) in [7, 11) is 1.57. The lowest BCUT2D eigenvalue weighted by molar-refractivity contribution is -0.141. The third-order valence-corrected chi connectivity index (χ3v) is 10.4. The third-order valence-electron chi connectivity index (χ3n) is 9.15. The minimum Gasteiger partial charge on any atom is -0.496 e. The Morgan fingerprint density at radius 2 is 1.68 bits per heavy atom. The molecular weight excluding hydrogens is 628 g/mol. The summed E-state index contributed by atoms with van der Waals surface area (Å²) in [5, 5.41) is -0.731. The van der Waals surface area contributed by atoms with Crippen LogP contribution in [0.15, 0.2) is 72.9 Å². The number of aromatic nitrogens is 1. The van der Waals surface area contributed by atoms with Crippen molar-refractivity contribution in [2.75, 3.05) is 7.11 Å². The van der Waals surface area contributed by atoms with E-state index >= 15 is 4.39 Å². The quantitative estimate of drug-likeness (QED) is 0.146. The van der Waals surface area contributed by atoms with Gasteiger partial charge in [-0.3, -0.25) is 14.6 Å². The number of pyridine rings is 1. The molecule has 1 aromatic heterocycles. The minimum absolute atomic E-state index is 0.0213. The number of Topliss-reactive ketones (excluding diaryl/α,β-unsaturated/α-hetero) is 1. The van der Waals surface area contributed by atoms with E-state index in [4.69, 9.17) is 4.74 Å². The van der Waals surface area contributed by atoms with Crippen LogP contribution in [0.3, 0.4) is 0 Å². The van der Waals surface area contributed by atoms with Gasteiger partial charge < -0.3 is 9.64 Å². The second kappa shape index (κ2) is 12.1. The third kappa shape index (κ3) is 6.15. The van der Waals surface area contributed by atoms with Gasteiger partial charge in [0.2, 0.25) is 0 Å². The zero-order valence-electron chi connectivity index (χ0n) is 26.6. The Bertz CT molecular complexity index is 1880. The SMILES string of the molecule is COc1ccc(-c2ccc(C(C)=O)cc2C)cc1-c1ccc(C(C)(C)F)cc1[C@@H]1CC[C@H]2[C@@H](c3ccnc(C(F)(F)F)c3)SC(=O)N12. The van der Waals surface area contributed by atoms with Gasteiger partial charge in [0, 0.05) is 23.4 Å². The van der Waals surface area contributed by atoms with Gasteiger partial charge in [-0.05, 0) is 116 Å². The number of fused-ring (bicyclic) bond motifs is 1. The normalized spacial score (nSPS) is 19.6. The van der Waals surface area contributed by atoms with Crippen LogP contribution in [0.25, 0.3) is 22.3 Å². The Hall–Kier alpha value is -4.18. The van der Waals surface area contributed by atoms with Crippen LogP contribution >= 0.6 is 11.8 Å². The summed E-state index contributed by atoms with van der Waals surface area (Å²) in [5.41, 5.74) is 3.84. The standard InChI is InChI=1S/C37H34F4N2O3S/c1-20-16-22(21(2)44)6-9-26(20)23-7-13-32(46-5)29(17-23)27-10-8-25(36(3,4)38)19-28(27)30-11-12-31-34(47-35(45)43(30)31)24-14-15-42-33(18-24)37(39,40)41/h6-10,13-19,30-31,34H,11-12H2,1-5H3/t30-,31-,34+/m0/s1. The molecule has 4 aromatic rings. The van der Waals surface area contributed by atoms with E-state index in [1.165, 1.54) is 26.8 Å². The first kappa shape index (κ1) is 32.7. The number of thioether (sulfide) groups is 1. The van der Waals surface area contributed by atoms with Gasteiger partial charge in [0.15, 0.2) is 5.78 Å². The number of hydrogen-bond acceptors (Lipinski definition) is 5. The number of methoxy groups -OCH3 is 1. The van der Waals surface area contributed by atoms with Crippen molar-refractivity contribution < 1.29 is 31.9 Å². The van der Waals surface area contributed by atoms with Crippen LogP contribution in [0, 0.1) is 6.92 Å². The molecule has 2 aliphatic rings. The first-order valence-electron chi connectivity index (χ1n) is 15.3. The van der Waals surface area contributed by atoms with Gasteiger partial charge in [0.25, 0.3) is 5.24 Å². The fourth-order valence-corrected chi connectivity index (χ4v) is 8.07. The fraction of sp³-hybridized carbons (Fsp3) is 0.324. The van der Waals surface area contributed by atoms with Gasteiger partial charge in [0.05, 0.1) is 18.4 Å². The van der Waals surface area contributed by atoms with E-state index in [1.807, 2.05) is 43.3 Å². The van der Waals surface area contributed by atoms with Gasteiger partial charge in [-0.1, -0.05) is 42.1 Å². The molecule has 2 saturated heterocycles. The predicted octanol–water partition coefficient (Wildman–Crippen LogP) is 10.3. The average molecular weight is 663 g/mol. The summed E-state index contributed by atoms with van der Waals surface area (Å²) >= 11 is 1.02. The number of amides is 1. The number of hydrogen-bond donors (Lipinski definition) is 0. The highest BCUT2D eigenvalue weighted by Crippen LogP contribution is 2.55. The number of alkyl halides is 4. The molecule has 6 rings (SSSR count). The lowest BCUT2D eigenvalue weighted by Gasteiger charge is -2.29. The molecule has 0 bridgehead atoms. The molecule has 244 valence electrons. The Morgan fingerprint density at radius 1 is 0.936 bits per heavy atom. The first-order chi connectivity index (χ1) is 22.2. The number of benzene rings is 3. The Kier molecular flexibility index (Phi) is 8.45. The van der Waals surface area contributed by atoms with Crippen molar-refractivity contribution in [3.05, 3.63) is 106 Å². The molecule has 1 amide bonds. The van der Waals surface area contributed by atoms with Crippen LogP contribution in [0.5, 0.6) is 5.75 Å². The highest BCUT2D eigenvalue weighted by molar-refractivity contribution is 8.14. The highest BCUT2D eigenvalue weighted by atomic mass is 32.2. The number of nitrogens with zero attached hydrogens (tertiary/aromatic N) is 2. The molecule has 2 fully saturated rings. The van der Waals surface area contributed by atoms with Crippen LogP contribution in [0.4, 0.5) is 22.4 Å². The summed E-state index contributed by atoms with van der Waals surface area (Å²) in [5.74, 6) is 0.568. The number of ether oxygens (including phenoxy) is 1. The zero-order valence-corrected chi connectivity index (χ0v) is 27.4. The van der Waals surface area contributed by atoms with E-state index in [1.54, 1.807) is 30.2 Å². The van der Waals surface area contributed by atoms with Crippen LogP contribution in [-0.4, -0.2) is 34.1 Å². The monoisotopic (exact) mass is 662 g/mol. The van der Waals surface area contributed by atoms with Crippen LogP contribution < -0.4 is 4.74 Å². The van der Waals surface area contributed by atoms with Crippen molar-refractivity contribution >= 4 is 22.8 Å². The number of halogens is 4. The highest BCUT2D eigenvalue weighted by Gasteiger charge is 2.50. The average Bonchev–Trinajstić information content (AvgIpc) is 3.60. The second-order valence-corrected chi connectivity index (χ2v) is 13.7. The van der Waals surface area contributed by atoms with Crippen molar-refractivity contribution in [2.24, 2.45) is 0 Å². The van der Waals surface area contributed by atoms with Crippen molar-refractivity contribution in [2.45, 2.75) is 69.7 Å². The van der Waals surface area contributed by atoms with Gasteiger partial charge >= 0.3 is 6.18 Å². The van der Waals surface area contributed by atoms with Gasteiger partial charge in [-0.2, -0.15) is 13.2 Å². The van der Waals surface area contributed by atoms with Crippen molar-refractivity contribution in [1.29, 1.82) is 0 Å². The molecule has 0 radical (unpaired) electrons. The summed E-state index contributed by atoms with van der Waals surface area (Å²) in [6.07, 6.45) is -2.34. The van der Waals surface area contributed by atoms with Gasteiger partial charge in [-0.25, -0.2) is 4.39 Å². The molecule has 47 heavy (non-hydrogen) atoms. The van der Waals surface area contributed by atoms with E-state index in [0.29, 0.717) is 35.3 Å². The van der Waals surface area contributed by atoms with E-state index in [9.17, 15) is 22.8 Å². The largest absolute Gasteiger partial charge is 0.496 e. The number of carbonyl (C=O) groups is 2. The number of rotatable bonds is 7. The van der Waals surface area contributed by atoms with E-state index in [0.717, 1.165) is 57.4 Å². The topological polar surface area (TPSA) is 59.5 Å². The summed E-state index contributed by atoms with van der Waals surface area (Å²) in [6.45, 7) is 6.43. The molecule has 10 heteroatoms. The molecule has 0 unspecified atom stereocenters. The summed E-state index contributed by atoms with van der Waals surface area (Å²) < 4.78 is 61.7. The Balaban J connectivity index is 1.45. The molecule has 0 aliphatic carbocycles. The molecule has 3 aromatic carbocycles. The Morgan fingerprint density at radius 3 is 2.34 bits per heavy atom. The van der Waals surface area contributed by atoms with Gasteiger partial charge in [-0.15, -0.1) is 0 Å². The maximum absolute atomic E-state index is 15.4. The molecule has 5 nitrogen and oxygen atoms in total. The van der Waals surface area contributed by atoms with E-state index in [-0.39, 0.29) is 17.1 Å². The zero-order chi connectivity index (χ0) is 33.8. The maximum Gasteiger partial charge on any atom is 0.433 e. The lowest BCUT2D eigenvalue weighted by Crippen LogP contribution is -2.31. The first-order valence-corrected chi connectivity index (χ1v) is 16.2. The number of aryl methyl sites for hydroxylation is 1. The predicted molar refractivity (Wildman–Crippen MR) is 175 cm³/mol. The van der Waals surface area contributed by atoms with Crippen molar-refractivity contribution in [3.8, 4) is 28.0 Å². The fourth-order valence-electron chi connectivity index (χ4n) is 6.77. The minimum atomic E-state index is -4.60. The molecule has 3 heterocycles. The van der Waals surface area contributed by atoms with Crippen LogP contribution in [0.1, 0.15) is 83.2 Å². The van der Waals surface area contributed by atoms with Crippen molar-refractivity contribution in [3.63, 3.8) is 0 Å². The van der Waals surface area contributed by atoms with Crippen LogP contribution in [-0.2, 0) is 11.8 Å². The molecule has 0 N–H and O–H groups in total. The second-order valence-electron chi connectivity index (χ2n) is 12.6. The van der Waals surface area contributed by atoms with E-state index in [2.05, 4.69) is 4.98 Å². The van der Waals surface area contributed by atoms with Crippen molar-refractivity contribution in [1.82, 2.24) is 9.88 Å². The molecule has 0 saturated carbocycles. The van der Waals surface area contributed by atoms with Gasteiger partial charge in [0.1, 0.15) is 17.1 Å².